The number of pyridine rings is 1. The average molecular weight is 1150 g/mol. The number of hydrogen-bond acceptors (Lipinski definition) is 4. The molecule has 0 aliphatic carbocycles. The van der Waals surface area contributed by atoms with Crippen LogP contribution in [0.15, 0.2) is 273 Å². The summed E-state index contributed by atoms with van der Waals surface area (Å²) in [6.07, 6.45) is 1.86. The van der Waals surface area contributed by atoms with Gasteiger partial charge in [-0.1, -0.05) is 229 Å². The van der Waals surface area contributed by atoms with Crippen molar-refractivity contribution in [3.63, 3.8) is 0 Å². The Morgan fingerprint density at radius 1 is 0.382 bits per heavy atom. The predicted molar refractivity (Wildman–Crippen MR) is 312 cm³/mol. The van der Waals surface area contributed by atoms with Gasteiger partial charge in [-0.25, -0.2) is 4.98 Å². The zero-order valence-corrected chi connectivity index (χ0v) is 43.4. The molecule has 11 aromatic carbocycles. The van der Waals surface area contributed by atoms with Crippen LogP contribution in [0.2, 0.25) is 0 Å². The van der Waals surface area contributed by atoms with E-state index < -0.39 is 0 Å². The van der Waals surface area contributed by atoms with Crippen molar-refractivity contribution in [2.24, 2.45) is 0 Å². The number of hydrogen-bond donors (Lipinski definition) is 0. The normalized spacial score (nSPS) is 12.0. The van der Waals surface area contributed by atoms with Gasteiger partial charge in [-0.3, -0.25) is 0 Å². The molecule has 6 heteroatoms. The third kappa shape index (κ3) is 8.05. The third-order valence-corrected chi connectivity index (χ3v) is 14.4. The molecule has 0 amide bonds. The minimum absolute atomic E-state index is 0. The Morgan fingerprint density at radius 3 is 1.55 bits per heavy atom. The molecular formula is C70H46N5Pt-3. The zero-order valence-electron chi connectivity index (χ0n) is 41.1. The Morgan fingerprint density at radius 2 is 0.921 bits per heavy atom. The molecule has 0 atom stereocenters. The van der Waals surface area contributed by atoms with E-state index in [1.807, 2.05) is 18.3 Å². The van der Waals surface area contributed by atoms with Crippen LogP contribution in [0.25, 0.3) is 82.9 Å². The Labute approximate surface area is 457 Å². The van der Waals surface area contributed by atoms with Gasteiger partial charge in [0.1, 0.15) is 5.82 Å². The first kappa shape index (κ1) is 46.5. The van der Waals surface area contributed by atoms with E-state index in [4.69, 9.17) is 4.98 Å². The summed E-state index contributed by atoms with van der Waals surface area (Å²) in [4.78, 5) is 12.0. The van der Waals surface area contributed by atoms with E-state index in [0.29, 0.717) is 0 Å². The molecular weight excluding hydrogens is 1110 g/mol. The summed E-state index contributed by atoms with van der Waals surface area (Å²) in [6, 6.07) is 103. The second-order valence-electron chi connectivity index (χ2n) is 18.8. The van der Waals surface area contributed by atoms with Gasteiger partial charge in [0.15, 0.2) is 0 Å². The van der Waals surface area contributed by atoms with Crippen LogP contribution in [0.5, 0.6) is 0 Å². The number of anilines is 7. The molecule has 364 valence electrons. The molecule has 13 aromatic rings. The monoisotopic (exact) mass is 1150 g/mol. The molecule has 0 N–H and O–H groups in total. The standard InChI is InChI=1S/C70H46N5.Pt/c1-5-22-49(23-6-1)57-35-20-36-58(50-24-7-2-8-25-50)68(57)73-48-72(65-44-41-53-30-13-14-33-61(53)70(65)73)54-31-19-32-55(46-54)74(69-59(51-26-9-3-10-27-51)37-21-38-60(69)52-28-11-4-12-29-52)56-42-43-63-62-34-15-16-39-64(62)75(66(63)47-56)67-40-17-18-45-71-67;/h1-45,48H;/q-3;. The van der Waals surface area contributed by atoms with E-state index in [1.165, 1.54) is 5.39 Å². The van der Waals surface area contributed by atoms with Crippen molar-refractivity contribution in [3.8, 4) is 50.3 Å². The van der Waals surface area contributed by atoms with E-state index in [1.54, 1.807) is 0 Å². The number of aromatic nitrogens is 2. The molecule has 5 nitrogen and oxygen atoms in total. The van der Waals surface area contributed by atoms with Crippen molar-refractivity contribution in [2.45, 2.75) is 0 Å². The van der Waals surface area contributed by atoms with Crippen molar-refractivity contribution in [3.05, 3.63) is 292 Å². The van der Waals surface area contributed by atoms with Crippen molar-refractivity contribution < 1.29 is 21.1 Å². The smallest absolute Gasteiger partial charge is 0.135 e. The van der Waals surface area contributed by atoms with Crippen LogP contribution in [0.1, 0.15) is 0 Å². The third-order valence-electron chi connectivity index (χ3n) is 14.4. The summed E-state index contributed by atoms with van der Waals surface area (Å²) in [7, 11) is 0. The molecule has 0 saturated carbocycles. The predicted octanol–water partition coefficient (Wildman–Crippen LogP) is 18.5. The minimum Gasteiger partial charge on any atom is -0.493 e. The van der Waals surface area contributed by atoms with Gasteiger partial charge in [-0.2, -0.15) is 12.1 Å². The van der Waals surface area contributed by atoms with Gasteiger partial charge >= 0.3 is 0 Å². The largest absolute Gasteiger partial charge is 0.493 e. The molecule has 14 rings (SSSR count). The van der Waals surface area contributed by atoms with Crippen LogP contribution in [0, 0.1) is 18.8 Å². The molecule has 0 spiro atoms. The molecule has 0 radical (unpaired) electrons. The first-order chi connectivity index (χ1) is 37.2. The SMILES string of the molecule is [Pt].[c-]1c(N2[CH-]N(c3c(-c4ccccc4)cccc3-c3ccccc3)c3c2ccc2ccccc32)cccc1N(c1[c-]c2c(cc1)c1ccccc1n2-c1ccccn1)c1c(-c2ccccc2)cccc1-c1ccccc1. The zero-order chi connectivity index (χ0) is 49.7. The first-order valence-electron chi connectivity index (χ1n) is 25.4. The second-order valence-corrected chi connectivity index (χ2v) is 18.8. The summed E-state index contributed by atoms with van der Waals surface area (Å²) in [5.74, 6) is 0.830. The van der Waals surface area contributed by atoms with E-state index >= 15 is 0 Å². The Balaban J connectivity index is 0.00000553. The second kappa shape index (κ2) is 19.9. The molecule has 3 heterocycles. The molecule has 0 bridgehead atoms. The van der Waals surface area contributed by atoms with E-state index in [2.05, 4.69) is 293 Å². The molecule has 1 aliphatic rings. The summed E-state index contributed by atoms with van der Waals surface area (Å²) in [5, 5.41) is 4.56. The molecule has 2 aromatic heterocycles. The first-order valence-corrected chi connectivity index (χ1v) is 25.4. The van der Waals surface area contributed by atoms with Crippen LogP contribution in [0.4, 0.5) is 39.8 Å². The molecule has 0 fully saturated rings. The van der Waals surface area contributed by atoms with Crippen molar-refractivity contribution in [1.82, 2.24) is 9.55 Å². The fraction of sp³-hybridized carbons (Fsp3) is 0. The number of nitrogens with zero attached hydrogens (tertiary/aromatic N) is 5. The maximum Gasteiger partial charge on any atom is 0.135 e. The van der Waals surface area contributed by atoms with Gasteiger partial charge in [0, 0.05) is 77.5 Å². The molecule has 0 unspecified atom stereocenters. The number of rotatable bonds is 10. The van der Waals surface area contributed by atoms with Gasteiger partial charge in [0.25, 0.3) is 0 Å². The van der Waals surface area contributed by atoms with Gasteiger partial charge in [-0.15, -0.1) is 48.1 Å². The number of benzene rings is 11. The Kier molecular flexibility index (Phi) is 12.2. The molecule has 76 heavy (non-hydrogen) atoms. The van der Waals surface area contributed by atoms with Gasteiger partial charge in [0.2, 0.25) is 0 Å². The maximum absolute atomic E-state index is 4.90. The minimum atomic E-state index is 0. The van der Waals surface area contributed by atoms with E-state index in [-0.39, 0.29) is 21.1 Å². The molecule has 1 aliphatic heterocycles. The van der Waals surface area contributed by atoms with E-state index in [9.17, 15) is 0 Å². The summed E-state index contributed by atoms with van der Waals surface area (Å²) in [6.45, 7) is 2.27. The summed E-state index contributed by atoms with van der Waals surface area (Å²) < 4.78 is 2.24. The van der Waals surface area contributed by atoms with Crippen molar-refractivity contribution in [2.75, 3.05) is 14.7 Å². The van der Waals surface area contributed by atoms with Crippen LogP contribution in [-0.4, -0.2) is 9.55 Å². The van der Waals surface area contributed by atoms with Crippen molar-refractivity contribution >= 4 is 72.4 Å². The molecule has 0 saturated heterocycles. The van der Waals surface area contributed by atoms with Gasteiger partial charge in [0.05, 0.1) is 5.69 Å². The quantitative estimate of drug-likeness (QED) is 0.128. The van der Waals surface area contributed by atoms with E-state index in [0.717, 1.165) is 117 Å². The Bertz CT molecular complexity index is 4100. The van der Waals surface area contributed by atoms with Gasteiger partial charge < -0.3 is 19.3 Å². The topological polar surface area (TPSA) is 27.5 Å². The van der Waals surface area contributed by atoms with Crippen LogP contribution in [-0.2, 0) is 21.1 Å². The summed E-state index contributed by atoms with van der Waals surface area (Å²) >= 11 is 0. The Hall–Kier alpha value is -9.28. The van der Waals surface area contributed by atoms with Crippen molar-refractivity contribution in [1.29, 1.82) is 0 Å². The summed E-state index contributed by atoms with van der Waals surface area (Å²) in [5.41, 5.74) is 17.8. The average Bonchev–Trinajstić information content (AvgIpc) is 4.16. The van der Waals surface area contributed by atoms with Crippen LogP contribution < -0.4 is 14.7 Å². The fourth-order valence-corrected chi connectivity index (χ4v) is 11.1. The van der Waals surface area contributed by atoms with Crippen LogP contribution >= 0.6 is 0 Å². The fourth-order valence-electron chi connectivity index (χ4n) is 11.1. The van der Waals surface area contributed by atoms with Gasteiger partial charge in [-0.05, 0) is 57.3 Å². The van der Waals surface area contributed by atoms with Crippen LogP contribution in [0.3, 0.4) is 0 Å². The maximum atomic E-state index is 4.90. The number of para-hydroxylation sites is 3. The number of fused-ring (bicyclic) bond motifs is 6.